The molecule has 1 aliphatic rings. The summed E-state index contributed by atoms with van der Waals surface area (Å²) < 4.78 is 25.5. The van der Waals surface area contributed by atoms with Gasteiger partial charge in [0.25, 0.3) is 5.91 Å². The number of thiophene rings is 1. The fraction of sp³-hybridized carbons (Fsp3) is 0.500. The van der Waals surface area contributed by atoms with Crippen molar-refractivity contribution < 1.29 is 23.1 Å². The van der Waals surface area contributed by atoms with Crippen molar-refractivity contribution in [1.29, 1.82) is 0 Å². The summed E-state index contributed by atoms with van der Waals surface area (Å²) in [5, 5.41) is 10.5. The van der Waals surface area contributed by atoms with Gasteiger partial charge in [-0.1, -0.05) is 0 Å². The second kappa shape index (κ2) is 5.74. The van der Waals surface area contributed by atoms with Gasteiger partial charge in [0.1, 0.15) is 6.04 Å². The molecule has 0 radical (unpaired) electrons. The second-order valence-electron chi connectivity index (χ2n) is 4.81. The van der Waals surface area contributed by atoms with Gasteiger partial charge in [-0.2, -0.15) is 0 Å². The van der Waals surface area contributed by atoms with Crippen LogP contribution in [0, 0.1) is 0 Å². The predicted octanol–water partition coefficient (Wildman–Crippen LogP) is 0.734. The molecule has 9 heteroatoms. The van der Waals surface area contributed by atoms with Crippen molar-refractivity contribution in [2.24, 2.45) is 0 Å². The monoisotopic (exact) mass is 332 g/mol. The summed E-state index contributed by atoms with van der Waals surface area (Å²) in [6, 6.07) is 0.273. The van der Waals surface area contributed by atoms with Gasteiger partial charge in [0.15, 0.2) is 0 Å². The molecule has 0 bridgehead atoms. The van der Waals surface area contributed by atoms with Gasteiger partial charge in [0.05, 0.1) is 9.77 Å². The maximum absolute atomic E-state index is 12.5. The Labute approximate surface area is 126 Å². The fourth-order valence-electron chi connectivity index (χ4n) is 1.95. The van der Waals surface area contributed by atoms with Gasteiger partial charge in [0, 0.05) is 11.4 Å². The molecule has 116 valence electrons. The number of nitrogens with one attached hydrogen (secondary N) is 1. The van der Waals surface area contributed by atoms with Crippen molar-refractivity contribution in [3.63, 3.8) is 0 Å². The van der Waals surface area contributed by atoms with E-state index in [4.69, 9.17) is 5.11 Å². The Kier molecular flexibility index (Phi) is 4.35. The topological polar surface area (TPSA) is 104 Å². The number of rotatable bonds is 6. The van der Waals surface area contributed by atoms with Gasteiger partial charge in [-0.05, 0) is 32.9 Å². The normalized spacial score (nSPS) is 16.5. The number of hydrogen-bond acceptors (Lipinski definition) is 5. The molecule has 1 aromatic rings. The van der Waals surface area contributed by atoms with Crippen LogP contribution >= 0.6 is 11.3 Å². The number of amides is 1. The largest absolute Gasteiger partial charge is 0.480 e. The van der Waals surface area contributed by atoms with E-state index in [-0.39, 0.29) is 15.8 Å². The Morgan fingerprint density at radius 3 is 2.57 bits per heavy atom. The third-order valence-corrected chi connectivity index (χ3v) is 5.78. The van der Waals surface area contributed by atoms with Crippen LogP contribution in [-0.2, 0) is 14.8 Å². The summed E-state index contributed by atoms with van der Waals surface area (Å²) in [6.07, 6.45) is 1.55. The highest BCUT2D eigenvalue weighted by Gasteiger charge is 2.39. The fourth-order valence-corrected chi connectivity index (χ4v) is 3.89. The predicted molar refractivity (Wildman–Crippen MR) is 76.9 cm³/mol. The Morgan fingerprint density at radius 1 is 1.48 bits per heavy atom. The van der Waals surface area contributed by atoms with Crippen LogP contribution in [0.5, 0.6) is 0 Å². The van der Waals surface area contributed by atoms with Crippen LogP contribution in [0.15, 0.2) is 16.3 Å². The summed E-state index contributed by atoms with van der Waals surface area (Å²) in [7, 11) is -2.32. The summed E-state index contributed by atoms with van der Waals surface area (Å²) in [5.41, 5.74) is 0. The molecule has 1 atom stereocenters. The number of nitrogens with zero attached hydrogens (tertiary/aromatic N) is 1. The smallest absolute Gasteiger partial charge is 0.326 e. The Hall–Kier alpha value is -1.45. The van der Waals surface area contributed by atoms with E-state index in [0.717, 1.165) is 24.2 Å². The SMILES string of the molecule is CNS(=O)(=O)c1csc(C(=O)N(C2CC2)C(C)C(=O)O)c1. The quantitative estimate of drug-likeness (QED) is 0.799. The first-order valence-electron chi connectivity index (χ1n) is 6.35. The number of carbonyl (C=O) groups is 2. The van der Waals surface area contributed by atoms with Crippen LogP contribution in [0.2, 0.25) is 0 Å². The highest BCUT2D eigenvalue weighted by molar-refractivity contribution is 7.89. The number of carboxylic acid groups (broad SMARTS) is 1. The van der Waals surface area contributed by atoms with Crippen molar-refractivity contribution in [2.45, 2.75) is 36.7 Å². The number of aliphatic carboxylic acids is 1. The van der Waals surface area contributed by atoms with Gasteiger partial charge in [-0.3, -0.25) is 4.79 Å². The first-order chi connectivity index (χ1) is 9.77. The highest BCUT2D eigenvalue weighted by Crippen LogP contribution is 2.32. The maximum atomic E-state index is 12.5. The first-order valence-corrected chi connectivity index (χ1v) is 8.71. The standard InChI is InChI=1S/C12H16N2O5S2/c1-7(12(16)17)14(8-3-4-8)11(15)10-5-9(6-20-10)21(18,19)13-2/h5-8,13H,3-4H2,1-2H3,(H,16,17). The van der Waals surface area contributed by atoms with E-state index in [1.54, 1.807) is 0 Å². The molecule has 21 heavy (non-hydrogen) atoms. The molecule has 7 nitrogen and oxygen atoms in total. The lowest BCUT2D eigenvalue weighted by Crippen LogP contribution is -2.44. The van der Waals surface area contributed by atoms with Gasteiger partial charge in [0.2, 0.25) is 10.0 Å². The molecule has 2 rings (SSSR count). The first kappa shape index (κ1) is 15.9. The van der Waals surface area contributed by atoms with E-state index in [1.807, 2.05) is 0 Å². The molecule has 1 aromatic heterocycles. The number of carboxylic acids is 1. The van der Waals surface area contributed by atoms with Crippen molar-refractivity contribution in [3.05, 3.63) is 16.3 Å². The van der Waals surface area contributed by atoms with Gasteiger partial charge in [-0.25, -0.2) is 17.9 Å². The lowest BCUT2D eigenvalue weighted by molar-refractivity contribution is -0.141. The minimum absolute atomic E-state index is 0.0112. The van der Waals surface area contributed by atoms with E-state index in [9.17, 15) is 18.0 Å². The van der Waals surface area contributed by atoms with Crippen molar-refractivity contribution >= 4 is 33.2 Å². The molecule has 1 fully saturated rings. The molecular formula is C12H16N2O5S2. The van der Waals surface area contributed by atoms with Crippen LogP contribution in [0.3, 0.4) is 0 Å². The zero-order valence-electron chi connectivity index (χ0n) is 11.6. The highest BCUT2D eigenvalue weighted by atomic mass is 32.2. The Balaban J connectivity index is 2.28. The summed E-state index contributed by atoms with van der Waals surface area (Å²) in [4.78, 5) is 25.1. The molecule has 2 N–H and O–H groups in total. The second-order valence-corrected chi connectivity index (χ2v) is 7.61. The van der Waals surface area contributed by atoms with E-state index >= 15 is 0 Å². The molecule has 0 spiro atoms. The van der Waals surface area contributed by atoms with Crippen LogP contribution in [0.25, 0.3) is 0 Å². The Morgan fingerprint density at radius 2 is 2.10 bits per heavy atom. The average Bonchev–Trinajstić information content (AvgIpc) is 3.13. The molecule has 1 saturated carbocycles. The lowest BCUT2D eigenvalue weighted by atomic mass is 10.2. The van der Waals surface area contributed by atoms with Gasteiger partial charge < -0.3 is 10.0 Å². The molecule has 0 aromatic carbocycles. The number of sulfonamides is 1. The minimum Gasteiger partial charge on any atom is -0.480 e. The molecule has 1 amide bonds. The summed E-state index contributed by atoms with van der Waals surface area (Å²) >= 11 is 0.999. The number of hydrogen-bond donors (Lipinski definition) is 2. The molecule has 1 heterocycles. The lowest BCUT2D eigenvalue weighted by Gasteiger charge is -2.25. The van der Waals surface area contributed by atoms with Crippen LogP contribution in [0.4, 0.5) is 0 Å². The minimum atomic E-state index is -3.60. The molecule has 0 aliphatic heterocycles. The van der Waals surface area contributed by atoms with E-state index in [2.05, 4.69) is 4.72 Å². The van der Waals surface area contributed by atoms with E-state index < -0.39 is 27.9 Å². The number of carbonyl (C=O) groups excluding carboxylic acids is 1. The van der Waals surface area contributed by atoms with Crippen molar-refractivity contribution in [3.8, 4) is 0 Å². The van der Waals surface area contributed by atoms with Crippen molar-refractivity contribution in [1.82, 2.24) is 9.62 Å². The molecular weight excluding hydrogens is 316 g/mol. The average molecular weight is 332 g/mol. The zero-order valence-corrected chi connectivity index (χ0v) is 13.2. The third-order valence-electron chi connectivity index (χ3n) is 3.31. The van der Waals surface area contributed by atoms with Crippen LogP contribution in [0.1, 0.15) is 29.4 Å². The van der Waals surface area contributed by atoms with Crippen LogP contribution in [-0.4, -0.2) is 49.4 Å². The zero-order chi connectivity index (χ0) is 15.8. The summed E-state index contributed by atoms with van der Waals surface area (Å²) in [5.74, 6) is -1.51. The van der Waals surface area contributed by atoms with Crippen LogP contribution < -0.4 is 4.72 Å². The third kappa shape index (κ3) is 3.25. The molecule has 1 unspecified atom stereocenters. The van der Waals surface area contributed by atoms with Gasteiger partial charge in [-0.15, -0.1) is 11.3 Å². The summed E-state index contributed by atoms with van der Waals surface area (Å²) in [6.45, 7) is 1.46. The molecule has 0 saturated heterocycles. The van der Waals surface area contributed by atoms with E-state index in [0.29, 0.717) is 0 Å². The maximum Gasteiger partial charge on any atom is 0.326 e. The Bertz CT molecular complexity index is 663. The van der Waals surface area contributed by atoms with E-state index in [1.165, 1.54) is 30.3 Å². The van der Waals surface area contributed by atoms with Crippen molar-refractivity contribution in [2.75, 3.05) is 7.05 Å². The molecule has 1 aliphatic carbocycles. The van der Waals surface area contributed by atoms with Gasteiger partial charge >= 0.3 is 5.97 Å².